The van der Waals surface area contributed by atoms with E-state index in [1.54, 1.807) is 24.4 Å². The highest BCUT2D eigenvalue weighted by Gasteiger charge is 2.25. The molecule has 9 nitrogen and oxygen atoms in total. The standard InChI is InChI=1S/C29H31FN6O3/c1-18-4-3-12-36(18)29(37)34-27-16-22(9-11-31-27)39-21-6-8-26-25(15-21)33-28(35(26)2)32-20-5-7-24(30)23(14-20)19-10-13-38-17-19/h5-9,11,14-16,18-19H,3-4,10,12-13,17H2,1-2H3,(H,32,33)(H,31,34,37)/t18-,19?/m1/s1. The molecule has 0 bridgehead atoms. The molecule has 202 valence electrons. The van der Waals surface area contributed by atoms with Gasteiger partial charge in [-0.1, -0.05) is 0 Å². The molecular formula is C29H31FN6O3. The van der Waals surface area contributed by atoms with Crippen LogP contribution >= 0.6 is 0 Å². The summed E-state index contributed by atoms with van der Waals surface area (Å²) in [7, 11) is 1.92. The Hall–Kier alpha value is -4.18. The van der Waals surface area contributed by atoms with Crippen LogP contribution in [-0.4, -0.2) is 51.3 Å². The van der Waals surface area contributed by atoms with Crippen LogP contribution < -0.4 is 15.4 Å². The van der Waals surface area contributed by atoms with E-state index in [9.17, 15) is 9.18 Å². The molecule has 4 aromatic rings. The van der Waals surface area contributed by atoms with Crippen molar-refractivity contribution in [3.8, 4) is 11.5 Å². The molecule has 1 unspecified atom stereocenters. The molecule has 0 radical (unpaired) electrons. The number of carbonyl (C=O) groups excluding carboxylic acids is 1. The lowest BCUT2D eigenvalue weighted by Gasteiger charge is -2.21. The van der Waals surface area contributed by atoms with Crippen LogP contribution in [0.25, 0.3) is 11.0 Å². The van der Waals surface area contributed by atoms with Crippen molar-refractivity contribution in [2.75, 3.05) is 30.4 Å². The predicted octanol–water partition coefficient (Wildman–Crippen LogP) is 6.16. The number of aromatic nitrogens is 3. The lowest BCUT2D eigenvalue weighted by molar-refractivity contribution is 0.193. The fourth-order valence-electron chi connectivity index (χ4n) is 5.29. The minimum Gasteiger partial charge on any atom is -0.457 e. The van der Waals surface area contributed by atoms with Gasteiger partial charge < -0.3 is 24.3 Å². The Morgan fingerprint density at radius 1 is 1.13 bits per heavy atom. The second-order valence-electron chi connectivity index (χ2n) is 10.2. The molecule has 4 heterocycles. The summed E-state index contributed by atoms with van der Waals surface area (Å²) >= 11 is 0. The summed E-state index contributed by atoms with van der Waals surface area (Å²) in [4.78, 5) is 23.4. The highest BCUT2D eigenvalue weighted by atomic mass is 19.1. The number of likely N-dealkylation sites (tertiary alicyclic amines) is 1. The third kappa shape index (κ3) is 5.24. The molecule has 2 atom stereocenters. The number of carbonyl (C=O) groups is 1. The highest BCUT2D eigenvalue weighted by Crippen LogP contribution is 2.32. The maximum absolute atomic E-state index is 14.5. The van der Waals surface area contributed by atoms with Crippen LogP contribution in [0.4, 0.5) is 26.6 Å². The summed E-state index contributed by atoms with van der Waals surface area (Å²) in [6.45, 7) is 4.00. The van der Waals surface area contributed by atoms with Crippen molar-refractivity contribution < 1.29 is 18.7 Å². The number of hydrogen-bond donors (Lipinski definition) is 2. The number of pyridine rings is 1. The number of imidazole rings is 1. The van der Waals surface area contributed by atoms with E-state index >= 15 is 0 Å². The number of anilines is 3. The average Bonchev–Trinajstić information content (AvgIpc) is 3.67. The van der Waals surface area contributed by atoms with Gasteiger partial charge in [0.1, 0.15) is 23.1 Å². The van der Waals surface area contributed by atoms with Crippen LogP contribution in [0.5, 0.6) is 11.5 Å². The summed E-state index contributed by atoms with van der Waals surface area (Å²) < 4.78 is 27.9. The number of aryl methyl sites for hydroxylation is 1. The number of ether oxygens (including phenoxy) is 2. The number of benzene rings is 2. The van der Waals surface area contributed by atoms with Gasteiger partial charge in [0.2, 0.25) is 5.95 Å². The van der Waals surface area contributed by atoms with E-state index in [1.165, 1.54) is 6.07 Å². The molecule has 2 fully saturated rings. The fraction of sp³-hybridized carbons (Fsp3) is 0.345. The van der Waals surface area contributed by atoms with E-state index in [0.717, 1.165) is 42.5 Å². The summed E-state index contributed by atoms with van der Waals surface area (Å²) in [6.07, 6.45) is 4.45. The molecule has 39 heavy (non-hydrogen) atoms. The van der Waals surface area contributed by atoms with Crippen LogP contribution in [-0.2, 0) is 11.8 Å². The Balaban J connectivity index is 1.18. The van der Waals surface area contributed by atoms with E-state index in [-0.39, 0.29) is 23.8 Å². The Kier molecular flexibility index (Phi) is 6.78. The van der Waals surface area contributed by atoms with E-state index in [2.05, 4.69) is 22.5 Å². The fourth-order valence-corrected chi connectivity index (χ4v) is 5.29. The zero-order valence-corrected chi connectivity index (χ0v) is 22.0. The molecule has 2 aliphatic rings. The van der Waals surface area contributed by atoms with E-state index in [4.69, 9.17) is 14.5 Å². The molecule has 6 rings (SSSR count). The van der Waals surface area contributed by atoms with Gasteiger partial charge in [0.05, 0.1) is 17.6 Å². The number of nitrogens with zero attached hydrogens (tertiary/aromatic N) is 4. The van der Waals surface area contributed by atoms with E-state index in [1.807, 2.05) is 40.8 Å². The quantitative estimate of drug-likeness (QED) is 0.310. The van der Waals surface area contributed by atoms with Crippen molar-refractivity contribution in [2.45, 2.75) is 38.1 Å². The molecule has 0 saturated carbocycles. The summed E-state index contributed by atoms with van der Waals surface area (Å²) in [5, 5.41) is 6.20. The highest BCUT2D eigenvalue weighted by molar-refractivity contribution is 5.89. The number of urea groups is 1. The molecule has 10 heteroatoms. The van der Waals surface area contributed by atoms with Gasteiger partial charge in [0.15, 0.2) is 0 Å². The van der Waals surface area contributed by atoms with Gasteiger partial charge in [-0.2, -0.15) is 0 Å². The van der Waals surface area contributed by atoms with Crippen LogP contribution in [0.3, 0.4) is 0 Å². The Bertz CT molecular complexity index is 1520. The molecule has 2 saturated heterocycles. The number of fused-ring (bicyclic) bond motifs is 1. The topological polar surface area (TPSA) is 93.5 Å². The van der Waals surface area contributed by atoms with Gasteiger partial charge >= 0.3 is 6.03 Å². The Morgan fingerprint density at radius 3 is 2.79 bits per heavy atom. The Labute approximate surface area is 226 Å². The van der Waals surface area contributed by atoms with Crippen molar-refractivity contribution in [3.63, 3.8) is 0 Å². The summed E-state index contributed by atoms with van der Waals surface area (Å²) in [5.74, 6) is 2.08. The van der Waals surface area contributed by atoms with Crippen molar-refractivity contribution >= 4 is 34.5 Å². The van der Waals surface area contributed by atoms with Crippen LogP contribution in [0.2, 0.25) is 0 Å². The molecular weight excluding hydrogens is 499 g/mol. The first-order valence-corrected chi connectivity index (χ1v) is 13.3. The van der Waals surface area contributed by atoms with Gasteiger partial charge in [0.25, 0.3) is 0 Å². The average molecular weight is 531 g/mol. The predicted molar refractivity (Wildman–Crippen MR) is 147 cm³/mol. The van der Waals surface area contributed by atoms with E-state index in [0.29, 0.717) is 42.0 Å². The zero-order chi connectivity index (χ0) is 26.9. The Morgan fingerprint density at radius 2 is 2.00 bits per heavy atom. The minimum absolute atomic E-state index is 0.0673. The van der Waals surface area contributed by atoms with Crippen molar-refractivity contribution in [2.24, 2.45) is 7.05 Å². The maximum Gasteiger partial charge on any atom is 0.323 e. The second kappa shape index (κ2) is 10.5. The number of nitrogens with one attached hydrogen (secondary N) is 2. The first-order chi connectivity index (χ1) is 18.9. The summed E-state index contributed by atoms with van der Waals surface area (Å²) in [5.41, 5.74) is 3.09. The van der Waals surface area contributed by atoms with Gasteiger partial charge in [-0.3, -0.25) is 5.32 Å². The normalized spacial score (nSPS) is 19.0. The lowest BCUT2D eigenvalue weighted by Crippen LogP contribution is -2.37. The maximum atomic E-state index is 14.5. The van der Waals surface area contributed by atoms with Crippen molar-refractivity contribution in [1.29, 1.82) is 0 Å². The SMILES string of the molecule is C[C@@H]1CCCN1C(=O)Nc1cc(Oc2ccc3c(c2)nc(Nc2ccc(F)c(C4CCOC4)c2)n3C)ccn1. The van der Waals surface area contributed by atoms with Gasteiger partial charge in [-0.25, -0.2) is 19.2 Å². The van der Waals surface area contributed by atoms with Crippen molar-refractivity contribution in [3.05, 3.63) is 66.1 Å². The third-order valence-corrected chi connectivity index (χ3v) is 7.49. The number of halogens is 1. The lowest BCUT2D eigenvalue weighted by atomic mass is 9.97. The molecule has 2 aliphatic heterocycles. The van der Waals surface area contributed by atoms with Crippen LogP contribution in [0.15, 0.2) is 54.7 Å². The minimum atomic E-state index is -0.215. The molecule has 0 aliphatic carbocycles. The largest absolute Gasteiger partial charge is 0.457 e. The monoisotopic (exact) mass is 530 g/mol. The molecule has 0 spiro atoms. The summed E-state index contributed by atoms with van der Waals surface area (Å²) in [6, 6.07) is 14.2. The second-order valence-corrected chi connectivity index (χ2v) is 10.2. The first kappa shape index (κ1) is 25.1. The molecule has 2 amide bonds. The number of hydrogen-bond acceptors (Lipinski definition) is 6. The smallest absolute Gasteiger partial charge is 0.323 e. The molecule has 2 aromatic heterocycles. The van der Waals surface area contributed by atoms with E-state index < -0.39 is 0 Å². The van der Waals surface area contributed by atoms with Gasteiger partial charge in [-0.05, 0) is 68.1 Å². The number of rotatable bonds is 6. The molecule has 2 N–H and O–H groups in total. The zero-order valence-electron chi connectivity index (χ0n) is 22.0. The van der Waals surface area contributed by atoms with Crippen LogP contribution in [0.1, 0.15) is 37.7 Å². The van der Waals surface area contributed by atoms with Gasteiger partial charge in [0, 0.05) is 56.2 Å². The first-order valence-electron chi connectivity index (χ1n) is 13.3. The van der Waals surface area contributed by atoms with Gasteiger partial charge in [-0.15, -0.1) is 0 Å². The number of amides is 2. The van der Waals surface area contributed by atoms with Crippen molar-refractivity contribution in [1.82, 2.24) is 19.4 Å². The molecule has 2 aromatic carbocycles. The third-order valence-electron chi connectivity index (χ3n) is 7.49. The van der Waals surface area contributed by atoms with Crippen LogP contribution in [0, 0.1) is 5.82 Å².